The molecule has 14 nitrogen and oxygen atoms in total. The highest BCUT2D eigenvalue weighted by atomic mass is 16.2. The van der Waals surface area contributed by atoms with Crippen LogP contribution in [0.2, 0.25) is 0 Å². The topological polar surface area (TPSA) is 177 Å². The van der Waals surface area contributed by atoms with Gasteiger partial charge in [0.05, 0.1) is 0 Å². The van der Waals surface area contributed by atoms with E-state index in [1.165, 1.54) is 42.8 Å². The van der Waals surface area contributed by atoms with E-state index in [2.05, 4.69) is 21.3 Å². The molecule has 0 aromatic heterocycles. The van der Waals surface area contributed by atoms with Crippen LogP contribution in [0, 0.1) is 17.8 Å². The fourth-order valence-corrected chi connectivity index (χ4v) is 4.79. The maximum Gasteiger partial charge on any atom is 0.321 e. The first-order valence-corrected chi connectivity index (χ1v) is 16.1. The molecule has 264 valence electrons. The Kier molecular flexibility index (Phi) is 18.1. The SMILES string of the molecule is CCCC(=O)N(C)[C@H](C)C(=O)N(C)[C@@H](CC(C)C)C(=O)N[C@H](C(=O)N(C)[C@@H](CC(C)C)C(=O)N[C@H](C)C(=O)NC(=O)NC)C(C)C. The molecule has 0 rings (SSSR count). The lowest BCUT2D eigenvalue weighted by Gasteiger charge is -2.36. The summed E-state index contributed by atoms with van der Waals surface area (Å²) >= 11 is 0. The van der Waals surface area contributed by atoms with Crippen LogP contribution in [0.1, 0.15) is 88.0 Å². The lowest BCUT2D eigenvalue weighted by molar-refractivity contribution is -0.148. The van der Waals surface area contributed by atoms with Gasteiger partial charge in [0.25, 0.3) is 0 Å². The Balaban J connectivity index is 6.13. The minimum absolute atomic E-state index is 0.00694. The Labute approximate surface area is 275 Å². The highest BCUT2D eigenvalue weighted by Crippen LogP contribution is 2.18. The number of nitrogens with zero attached hydrogens (tertiary/aromatic N) is 3. The van der Waals surface area contributed by atoms with Crippen LogP contribution >= 0.6 is 0 Å². The van der Waals surface area contributed by atoms with E-state index in [4.69, 9.17) is 0 Å². The van der Waals surface area contributed by atoms with E-state index < -0.39 is 65.8 Å². The van der Waals surface area contributed by atoms with Crippen LogP contribution in [0.15, 0.2) is 0 Å². The van der Waals surface area contributed by atoms with Crippen molar-refractivity contribution in [2.24, 2.45) is 17.8 Å². The number of likely N-dealkylation sites (N-methyl/N-ethyl adjacent to an activating group) is 3. The lowest BCUT2D eigenvalue weighted by Crippen LogP contribution is -2.60. The van der Waals surface area contributed by atoms with Gasteiger partial charge in [-0.15, -0.1) is 0 Å². The van der Waals surface area contributed by atoms with Crippen molar-refractivity contribution in [3.05, 3.63) is 0 Å². The predicted octanol–water partition coefficient (Wildman–Crippen LogP) is 1.48. The van der Waals surface area contributed by atoms with Gasteiger partial charge < -0.3 is 30.7 Å². The first kappa shape index (κ1) is 42.3. The molecule has 0 radical (unpaired) electrons. The van der Waals surface area contributed by atoms with Crippen LogP contribution in [0.4, 0.5) is 4.79 Å². The second-order valence-electron chi connectivity index (χ2n) is 13.1. The molecule has 0 fully saturated rings. The van der Waals surface area contributed by atoms with Gasteiger partial charge in [-0.1, -0.05) is 48.5 Å². The van der Waals surface area contributed by atoms with E-state index in [9.17, 15) is 33.6 Å². The molecule has 0 unspecified atom stereocenters. The van der Waals surface area contributed by atoms with Crippen molar-refractivity contribution < 1.29 is 33.6 Å². The predicted molar refractivity (Wildman–Crippen MR) is 176 cm³/mol. The van der Waals surface area contributed by atoms with Crippen LogP contribution in [-0.2, 0) is 28.8 Å². The number of imide groups is 1. The van der Waals surface area contributed by atoms with Gasteiger partial charge >= 0.3 is 6.03 Å². The van der Waals surface area contributed by atoms with E-state index in [1.807, 2.05) is 34.6 Å². The Bertz CT molecular complexity index is 1080. The highest BCUT2D eigenvalue weighted by Gasteiger charge is 2.38. The van der Waals surface area contributed by atoms with Gasteiger partial charge in [0, 0.05) is 34.6 Å². The second-order valence-corrected chi connectivity index (χ2v) is 13.1. The van der Waals surface area contributed by atoms with Crippen molar-refractivity contribution >= 4 is 41.5 Å². The number of rotatable bonds is 17. The van der Waals surface area contributed by atoms with Crippen LogP contribution < -0.4 is 21.3 Å². The molecule has 46 heavy (non-hydrogen) atoms. The average Bonchev–Trinajstić information content (AvgIpc) is 2.98. The number of nitrogens with one attached hydrogen (secondary N) is 4. The third-order valence-corrected chi connectivity index (χ3v) is 7.87. The summed E-state index contributed by atoms with van der Waals surface area (Å²) in [6.07, 6.45) is 1.53. The summed E-state index contributed by atoms with van der Waals surface area (Å²) in [5.74, 6) is -3.27. The van der Waals surface area contributed by atoms with Gasteiger partial charge in [0.1, 0.15) is 30.2 Å². The standard InChI is InChI=1S/C32H59N7O7/c1-14-15-25(40)37(11)22(9)30(44)38(12)24(17-19(4)5)29(43)35-26(20(6)7)31(45)39(13)23(16-18(2)3)28(42)34-21(8)27(41)36-32(46)33-10/h18-24,26H,14-17H2,1-13H3,(H,34,42)(H,35,43)(H2,33,36,41,46)/t21-,22-,23+,24+,26+/m1/s1. The molecular weight excluding hydrogens is 594 g/mol. The first-order chi connectivity index (χ1) is 21.2. The van der Waals surface area contributed by atoms with E-state index in [0.29, 0.717) is 19.3 Å². The maximum absolute atomic E-state index is 13.9. The van der Waals surface area contributed by atoms with Crippen molar-refractivity contribution in [2.75, 3.05) is 28.2 Å². The summed E-state index contributed by atoms with van der Waals surface area (Å²) < 4.78 is 0. The highest BCUT2D eigenvalue weighted by molar-refractivity contribution is 5.99. The molecule has 14 heteroatoms. The molecule has 0 saturated heterocycles. The summed E-state index contributed by atoms with van der Waals surface area (Å²) in [7, 11) is 5.91. The van der Waals surface area contributed by atoms with E-state index in [-0.39, 0.29) is 30.1 Å². The molecule has 5 atom stereocenters. The molecular formula is C32H59N7O7. The van der Waals surface area contributed by atoms with E-state index >= 15 is 0 Å². The molecule has 0 aliphatic heterocycles. The van der Waals surface area contributed by atoms with Crippen molar-refractivity contribution in [2.45, 2.75) is 118 Å². The summed E-state index contributed by atoms with van der Waals surface area (Å²) in [5, 5.41) is 9.79. The Hall–Kier alpha value is -3.71. The van der Waals surface area contributed by atoms with Crippen molar-refractivity contribution in [1.82, 2.24) is 36.0 Å². The monoisotopic (exact) mass is 653 g/mol. The minimum atomic E-state index is -1.06. The number of urea groups is 1. The fourth-order valence-electron chi connectivity index (χ4n) is 4.79. The van der Waals surface area contributed by atoms with Gasteiger partial charge in [-0.25, -0.2) is 4.79 Å². The first-order valence-electron chi connectivity index (χ1n) is 16.1. The second kappa shape index (κ2) is 19.7. The third-order valence-electron chi connectivity index (χ3n) is 7.87. The lowest BCUT2D eigenvalue weighted by atomic mass is 9.96. The Morgan fingerprint density at radius 1 is 0.630 bits per heavy atom. The average molecular weight is 654 g/mol. The van der Waals surface area contributed by atoms with Crippen LogP contribution in [-0.4, -0.2) is 115 Å². The molecule has 0 aliphatic carbocycles. The summed E-state index contributed by atoms with van der Waals surface area (Å²) in [6, 6.07) is -5.50. The van der Waals surface area contributed by atoms with Gasteiger partial charge in [0.2, 0.25) is 35.4 Å². The molecule has 0 saturated carbocycles. The van der Waals surface area contributed by atoms with Crippen molar-refractivity contribution in [1.29, 1.82) is 0 Å². The number of carbonyl (C=O) groups is 7. The molecule has 0 aromatic carbocycles. The Morgan fingerprint density at radius 3 is 1.50 bits per heavy atom. The molecule has 0 aliphatic rings. The zero-order chi connectivity index (χ0) is 36.0. The van der Waals surface area contributed by atoms with Crippen LogP contribution in [0.3, 0.4) is 0 Å². The molecule has 8 amide bonds. The zero-order valence-corrected chi connectivity index (χ0v) is 30.1. The normalized spacial score (nSPS) is 14.4. The van der Waals surface area contributed by atoms with Gasteiger partial charge in [-0.2, -0.15) is 0 Å². The summed E-state index contributed by atoms with van der Waals surface area (Å²) in [6.45, 7) is 16.1. The van der Waals surface area contributed by atoms with E-state index in [0.717, 1.165) is 0 Å². The molecule has 0 bridgehead atoms. The Morgan fingerprint density at radius 2 is 1.09 bits per heavy atom. The van der Waals surface area contributed by atoms with Crippen LogP contribution in [0.25, 0.3) is 0 Å². The smallest absolute Gasteiger partial charge is 0.321 e. The fraction of sp³-hybridized carbons (Fsp3) is 0.781. The van der Waals surface area contributed by atoms with Crippen LogP contribution in [0.5, 0.6) is 0 Å². The summed E-state index contributed by atoms with van der Waals surface area (Å²) in [4.78, 5) is 94.8. The third kappa shape index (κ3) is 13.0. The van der Waals surface area contributed by atoms with Gasteiger partial charge in [0.15, 0.2) is 0 Å². The molecule has 0 heterocycles. The quantitative estimate of drug-likeness (QED) is 0.184. The molecule has 0 spiro atoms. The number of carbonyl (C=O) groups excluding carboxylic acids is 7. The van der Waals surface area contributed by atoms with Crippen molar-refractivity contribution in [3.8, 4) is 0 Å². The van der Waals surface area contributed by atoms with Crippen molar-refractivity contribution in [3.63, 3.8) is 0 Å². The zero-order valence-electron chi connectivity index (χ0n) is 30.1. The van der Waals surface area contributed by atoms with Gasteiger partial charge in [-0.05, 0) is 50.9 Å². The summed E-state index contributed by atoms with van der Waals surface area (Å²) in [5.41, 5.74) is 0. The maximum atomic E-state index is 13.9. The molecule has 4 N–H and O–H groups in total. The number of hydrogen-bond donors (Lipinski definition) is 4. The van der Waals surface area contributed by atoms with E-state index in [1.54, 1.807) is 27.8 Å². The number of amides is 8. The largest absolute Gasteiger partial charge is 0.343 e. The van der Waals surface area contributed by atoms with Gasteiger partial charge in [-0.3, -0.25) is 34.1 Å². The molecule has 0 aromatic rings. The number of hydrogen-bond acceptors (Lipinski definition) is 7. The minimum Gasteiger partial charge on any atom is -0.343 e.